The number of rotatable bonds is 6. The quantitative estimate of drug-likeness (QED) is 0.737. The van der Waals surface area contributed by atoms with E-state index in [1.165, 1.54) is 12.1 Å². The number of carbonyl (C=O) groups is 1. The first-order valence-electron chi connectivity index (χ1n) is 8.89. The van der Waals surface area contributed by atoms with E-state index in [-0.39, 0.29) is 12.1 Å². The Morgan fingerprint density at radius 3 is 2.28 bits per heavy atom. The number of hydrogen-bond donors (Lipinski definition) is 1. The van der Waals surface area contributed by atoms with Crippen LogP contribution in [0, 0.1) is 13.8 Å². The minimum atomic E-state index is -4.55. The molecule has 1 amide bonds. The minimum Gasteiger partial charge on any atom is -0.324 e. The van der Waals surface area contributed by atoms with Gasteiger partial charge in [0.2, 0.25) is 15.9 Å². The molecule has 0 heterocycles. The molecule has 0 aliphatic heterocycles. The topological polar surface area (TPSA) is 66.5 Å². The predicted molar refractivity (Wildman–Crippen MR) is 107 cm³/mol. The zero-order chi connectivity index (χ0) is 22.0. The van der Waals surface area contributed by atoms with Gasteiger partial charge in [0.25, 0.3) is 0 Å². The number of halogens is 3. The lowest BCUT2D eigenvalue weighted by molar-refractivity contribution is -0.137. The van der Waals surface area contributed by atoms with Crippen LogP contribution in [0.1, 0.15) is 30.0 Å². The Bertz CT molecular complexity index is 1000. The fourth-order valence-corrected chi connectivity index (χ4v) is 4.13. The number of carbonyl (C=O) groups excluding carboxylic acids is 1. The molecule has 1 N–H and O–H groups in total. The lowest BCUT2D eigenvalue weighted by Gasteiger charge is -2.30. The third kappa shape index (κ3) is 5.50. The molecule has 0 bridgehead atoms. The summed E-state index contributed by atoms with van der Waals surface area (Å²) in [7, 11) is -3.84. The van der Waals surface area contributed by atoms with Crippen LogP contribution >= 0.6 is 0 Å². The number of hydrogen-bond acceptors (Lipinski definition) is 3. The summed E-state index contributed by atoms with van der Waals surface area (Å²) >= 11 is 0. The number of amides is 1. The molecule has 0 spiro atoms. The Labute approximate surface area is 168 Å². The van der Waals surface area contributed by atoms with E-state index in [4.69, 9.17) is 0 Å². The smallest absolute Gasteiger partial charge is 0.324 e. The summed E-state index contributed by atoms with van der Waals surface area (Å²) in [6.45, 7) is 5.33. The zero-order valence-electron chi connectivity index (χ0n) is 16.5. The van der Waals surface area contributed by atoms with Crippen molar-refractivity contribution in [2.45, 2.75) is 39.4 Å². The zero-order valence-corrected chi connectivity index (χ0v) is 17.4. The van der Waals surface area contributed by atoms with Crippen LogP contribution in [-0.2, 0) is 21.0 Å². The molecular weight excluding hydrogens is 405 g/mol. The number of anilines is 2. The first-order valence-corrected chi connectivity index (χ1v) is 10.7. The van der Waals surface area contributed by atoms with E-state index in [1.54, 1.807) is 25.1 Å². The van der Waals surface area contributed by atoms with E-state index in [0.29, 0.717) is 5.69 Å². The van der Waals surface area contributed by atoms with Gasteiger partial charge < -0.3 is 5.32 Å². The molecule has 0 aliphatic rings. The van der Waals surface area contributed by atoms with Crippen molar-refractivity contribution in [3.63, 3.8) is 0 Å². The number of aryl methyl sites for hydroxylation is 2. The lowest BCUT2D eigenvalue weighted by Crippen LogP contribution is -2.47. The second-order valence-electron chi connectivity index (χ2n) is 6.82. The average molecular weight is 428 g/mol. The first kappa shape index (κ1) is 22.7. The minimum absolute atomic E-state index is 0.0585. The summed E-state index contributed by atoms with van der Waals surface area (Å²) in [4.78, 5) is 12.8. The van der Waals surface area contributed by atoms with E-state index in [1.807, 2.05) is 13.8 Å². The molecule has 2 rings (SSSR count). The third-order valence-electron chi connectivity index (χ3n) is 4.53. The summed E-state index contributed by atoms with van der Waals surface area (Å²) in [5.74, 6) is -0.713. The van der Waals surface area contributed by atoms with E-state index in [2.05, 4.69) is 5.32 Å². The van der Waals surface area contributed by atoms with Gasteiger partial charge in [0.05, 0.1) is 17.5 Å². The van der Waals surface area contributed by atoms with Crippen LogP contribution in [0.4, 0.5) is 24.5 Å². The highest BCUT2D eigenvalue weighted by molar-refractivity contribution is 7.92. The Kier molecular flexibility index (Phi) is 6.62. The first-order chi connectivity index (χ1) is 13.3. The second-order valence-corrected chi connectivity index (χ2v) is 8.68. The van der Waals surface area contributed by atoms with Crippen molar-refractivity contribution in [3.8, 4) is 0 Å². The van der Waals surface area contributed by atoms with Gasteiger partial charge in [-0.2, -0.15) is 13.2 Å². The van der Waals surface area contributed by atoms with Gasteiger partial charge in [-0.3, -0.25) is 9.10 Å². The fraction of sp³-hybridized carbons (Fsp3) is 0.350. The molecule has 2 aromatic carbocycles. The largest absolute Gasteiger partial charge is 0.416 e. The van der Waals surface area contributed by atoms with Gasteiger partial charge in [-0.1, -0.05) is 19.1 Å². The molecule has 0 fully saturated rings. The van der Waals surface area contributed by atoms with Crippen molar-refractivity contribution in [3.05, 3.63) is 59.2 Å². The van der Waals surface area contributed by atoms with E-state index < -0.39 is 33.7 Å². The molecule has 29 heavy (non-hydrogen) atoms. The summed E-state index contributed by atoms with van der Waals surface area (Å²) in [6.07, 6.45) is -3.43. The number of nitrogens with one attached hydrogen (secondary N) is 1. The highest BCUT2D eigenvalue weighted by Crippen LogP contribution is 2.31. The van der Waals surface area contributed by atoms with Crippen molar-refractivity contribution in [1.82, 2.24) is 0 Å². The summed E-state index contributed by atoms with van der Waals surface area (Å²) in [5, 5.41) is 2.41. The maximum absolute atomic E-state index is 12.9. The van der Waals surface area contributed by atoms with Crippen LogP contribution in [0.25, 0.3) is 0 Å². The SMILES string of the molecule is CCC(C(=O)Nc1cccc(C(F)(F)F)c1)N(c1ccc(C)c(C)c1)S(C)(=O)=O. The second kappa shape index (κ2) is 8.44. The summed E-state index contributed by atoms with van der Waals surface area (Å²) < 4.78 is 64.7. The van der Waals surface area contributed by atoms with Crippen molar-refractivity contribution in [2.24, 2.45) is 0 Å². The van der Waals surface area contributed by atoms with Gasteiger partial charge in [0.15, 0.2) is 0 Å². The van der Waals surface area contributed by atoms with Gasteiger partial charge in [0, 0.05) is 5.69 Å². The highest BCUT2D eigenvalue weighted by Gasteiger charge is 2.33. The maximum atomic E-state index is 12.9. The van der Waals surface area contributed by atoms with Crippen LogP contribution in [0.3, 0.4) is 0 Å². The molecule has 5 nitrogen and oxygen atoms in total. The Balaban J connectivity index is 2.40. The number of alkyl halides is 3. The normalized spacial score (nSPS) is 13.1. The summed E-state index contributed by atoms with van der Waals surface area (Å²) in [5.41, 5.74) is 1.17. The summed E-state index contributed by atoms with van der Waals surface area (Å²) in [6, 6.07) is 8.09. The van der Waals surface area contributed by atoms with Gasteiger partial charge in [-0.25, -0.2) is 8.42 Å². The molecule has 0 saturated carbocycles. The van der Waals surface area contributed by atoms with Crippen LogP contribution in [-0.4, -0.2) is 26.6 Å². The number of nitrogens with zero attached hydrogens (tertiary/aromatic N) is 1. The molecule has 0 aromatic heterocycles. The van der Waals surface area contributed by atoms with E-state index in [9.17, 15) is 26.4 Å². The maximum Gasteiger partial charge on any atom is 0.416 e. The predicted octanol–water partition coefficient (Wildman–Crippen LogP) is 4.51. The molecule has 1 atom stereocenters. The van der Waals surface area contributed by atoms with Crippen LogP contribution in [0.15, 0.2) is 42.5 Å². The lowest BCUT2D eigenvalue weighted by atomic mass is 10.1. The highest BCUT2D eigenvalue weighted by atomic mass is 32.2. The molecule has 0 aliphatic carbocycles. The molecular formula is C20H23F3N2O3S. The third-order valence-corrected chi connectivity index (χ3v) is 5.71. The molecule has 158 valence electrons. The number of benzene rings is 2. The number of sulfonamides is 1. The van der Waals surface area contributed by atoms with Crippen LogP contribution < -0.4 is 9.62 Å². The molecule has 0 saturated heterocycles. The van der Waals surface area contributed by atoms with Gasteiger partial charge in [0.1, 0.15) is 6.04 Å². The molecule has 1 unspecified atom stereocenters. The van der Waals surface area contributed by atoms with Gasteiger partial charge in [-0.05, 0) is 61.7 Å². The van der Waals surface area contributed by atoms with Crippen molar-refractivity contribution >= 4 is 27.3 Å². The Morgan fingerprint density at radius 2 is 1.76 bits per heavy atom. The molecule has 0 radical (unpaired) electrons. The monoisotopic (exact) mass is 428 g/mol. The Morgan fingerprint density at radius 1 is 1.10 bits per heavy atom. The van der Waals surface area contributed by atoms with Gasteiger partial charge in [-0.15, -0.1) is 0 Å². The molecule has 9 heteroatoms. The van der Waals surface area contributed by atoms with Crippen molar-refractivity contribution < 1.29 is 26.4 Å². The van der Waals surface area contributed by atoms with E-state index >= 15 is 0 Å². The fourth-order valence-electron chi connectivity index (χ4n) is 2.92. The van der Waals surface area contributed by atoms with Crippen molar-refractivity contribution in [2.75, 3.05) is 15.9 Å². The average Bonchev–Trinajstić information content (AvgIpc) is 2.60. The van der Waals surface area contributed by atoms with Gasteiger partial charge >= 0.3 is 6.18 Å². The van der Waals surface area contributed by atoms with E-state index in [0.717, 1.165) is 33.8 Å². The molecule has 2 aromatic rings. The van der Waals surface area contributed by atoms with Crippen LogP contribution in [0.2, 0.25) is 0 Å². The van der Waals surface area contributed by atoms with Crippen molar-refractivity contribution in [1.29, 1.82) is 0 Å². The standard InChI is InChI=1S/C20H23F3N2O3S/c1-5-18(19(26)24-16-8-6-7-15(12-16)20(21,22)23)25(29(4,27)28)17-10-9-13(2)14(3)11-17/h6-12,18H,5H2,1-4H3,(H,24,26). The van der Waals surface area contributed by atoms with Crippen LogP contribution in [0.5, 0.6) is 0 Å². The Hall–Kier alpha value is -2.55.